The van der Waals surface area contributed by atoms with Crippen molar-refractivity contribution in [1.82, 2.24) is 10.6 Å². The van der Waals surface area contributed by atoms with Gasteiger partial charge in [0.15, 0.2) is 0 Å². The molecule has 120 valence electrons. The van der Waals surface area contributed by atoms with Crippen LogP contribution in [0.15, 0.2) is 24.3 Å². The fraction of sp³-hybridized carbons (Fsp3) is 0.467. The molecule has 1 aromatic rings. The average Bonchev–Trinajstić information content (AvgIpc) is 2.47. The summed E-state index contributed by atoms with van der Waals surface area (Å²) in [6.07, 6.45) is 0.212. The van der Waals surface area contributed by atoms with Gasteiger partial charge in [0, 0.05) is 24.0 Å². The number of hydrogen-bond acceptors (Lipinski definition) is 4. The third-order valence-electron chi connectivity index (χ3n) is 3.71. The number of nitrogens with one attached hydrogen (secondary N) is 2. The summed E-state index contributed by atoms with van der Waals surface area (Å²) in [7, 11) is 0. The maximum atomic E-state index is 12.2. The predicted molar refractivity (Wildman–Crippen MR) is 83.4 cm³/mol. The fourth-order valence-electron chi connectivity index (χ4n) is 2.38. The lowest BCUT2D eigenvalue weighted by Gasteiger charge is -2.30. The van der Waals surface area contributed by atoms with Gasteiger partial charge in [0.25, 0.3) is 0 Å². The SMILES string of the molecule is CC(NC(=O)CC1COCCN1)(C(N)=O)c1cccc(Cl)c1. The van der Waals surface area contributed by atoms with Gasteiger partial charge in [-0.15, -0.1) is 0 Å². The van der Waals surface area contributed by atoms with E-state index in [0.29, 0.717) is 30.3 Å². The summed E-state index contributed by atoms with van der Waals surface area (Å²) in [6.45, 7) is 3.39. The Bertz CT molecular complexity index is 561. The van der Waals surface area contributed by atoms with Crippen LogP contribution in [0.2, 0.25) is 5.02 Å². The van der Waals surface area contributed by atoms with Gasteiger partial charge >= 0.3 is 0 Å². The van der Waals surface area contributed by atoms with Crippen LogP contribution in [-0.2, 0) is 19.9 Å². The van der Waals surface area contributed by atoms with E-state index in [1.165, 1.54) is 0 Å². The zero-order chi connectivity index (χ0) is 16.2. The molecule has 22 heavy (non-hydrogen) atoms. The van der Waals surface area contributed by atoms with Crippen molar-refractivity contribution >= 4 is 23.4 Å². The number of carbonyl (C=O) groups is 2. The minimum atomic E-state index is -1.31. The molecule has 0 aromatic heterocycles. The standard InChI is InChI=1S/C15H20ClN3O3/c1-15(14(17)21,10-3-2-4-11(16)7-10)19-13(20)8-12-9-22-6-5-18-12/h2-4,7,12,18H,5-6,8-9H2,1H3,(H2,17,21)(H,19,20). The van der Waals surface area contributed by atoms with Crippen LogP contribution in [0.4, 0.5) is 0 Å². The summed E-state index contributed by atoms with van der Waals surface area (Å²) in [5.74, 6) is -0.916. The maximum absolute atomic E-state index is 12.2. The number of morpholine rings is 1. The molecule has 2 unspecified atom stereocenters. The van der Waals surface area contributed by atoms with Crippen LogP contribution in [0, 0.1) is 0 Å². The summed E-state index contributed by atoms with van der Waals surface area (Å²) in [5.41, 5.74) is 4.74. The van der Waals surface area contributed by atoms with E-state index in [4.69, 9.17) is 22.1 Å². The van der Waals surface area contributed by atoms with Crippen LogP contribution in [-0.4, -0.2) is 37.6 Å². The second-order valence-electron chi connectivity index (χ2n) is 5.48. The summed E-state index contributed by atoms with van der Waals surface area (Å²) in [5, 5.41) is 6.38. The molecule has 0 spiro atoms. The van der Waals surface area contributed by atoms with E-state index in [1.807, 2.05) is 0 Å². The van der Waals surface area contributed by atoms with E-state index < -0.39 is 11.4 Å². The van der Waals surface area contributed by atoms with E-state index in [1.54, 1.807) is 31.2 Å². The van der Waals surface area contributed by atoms with Crippen LogP contribution in [0.25, 0.3) is 0 Å². The highest BCUT2D eigenvalue weighted by atomic mass is 35.5. The highest BCUT2D eigenvalue weighted by molar-refractivity contribution is 6.30. The van der Waals surface area contributed by atoms with Crippen molar-refractivity contribution in [1.29, 1.82) is 0 Å². The van der Waals surface area contributed by atoms with Crippen LogP contribution >= 0.6 is 11.6 Å². The van der Waals surface area contributed by atoms with E-state index >= 15 is 0 Å². The lowest BCUT2D eigenvalue weighted by molar-refractivity contribution is -0.132. The van der Waals surface area contributed by atoms with E-state index in [2.05, 4.69) is 10.6 Å². The number of ether oxygens (including phenoxy) is 1. The lowest BCUT2D eigenvalue weighted by atomic mass is 9.91. The predicted octanol–water partition coefficient (Wildman–Crippen LogP) is 0.535. The van der Waals surface area contributed by atoms with Crippen LogP contribution in [0.5, 0.6) is 0 Å². The summed E-state index contributed by atoms with van der Waals surface area (Å²) < 4.78 is 5.31. The third-order valence-corrected chi connectivity index (χ3v) is 3.95. The molecular weight excluding hydrogens is 306 g/mol. The second-order valence-corrected chi connectivity index (χ2v) is 5.91. The Kier molecular flexibility index (Phi) is 5.39. The number of rotatable bonds is 5. The number of benzene rings is 1. The molecule has 1 saturated heterocycles. The first-order valence-electron chi connectivity index (χ1n) is 7.10. The van der Waals surface area contributed by atoms with Gasteiger partial charge in [-0.25, -0.2) is 0 Å². The van der Waals surface area contributed by atoms with Crippen molar-refractivity contribution < 1.29 is 14.3 Å². The molecule has 7 heteroatoms. The molecule has 2 amide bonds. The summed E-state index contributed by atoms with van der Waals surface area (Å²) >= 11 is 5.96. The zero-order valence-corrected chi connectivity index (χ0v) is 13.2. The van der Waals surface area contributed by atoms with Gasteiger partial charge in [0.1, 0.15) is 5.54 Å². The van der Waals surface area contributed by atoms with Crippen LogP contribution in [0.3, 0.4) is 0 Å². The Morgan fingerprint density at radius 2 is 2.32 bits per heavy atom. The molecule has 0 aliphatic carbocycles. The number of hydrogen-bond donors (Lipinski definition) is 3. The molecule has 1 aliphatic heterocycles. The van der Waals surface area contributed by atoms with Gasteiger partial charge in [-0.1, -0.05) is 23.7 Å². The normalized spacial score (nSPS) is 20.9. The molecule has 2 rings (SSSR count). The number of halogens is 1. The molecule has 4 N–H and O–H groups in total. The number of carbonyl (C=O) groups excluding carboxylic acids is 2. The molecule has 1 heterocycles. The molecule has 2 atom stereocenters. The Balaban J connectivity index is 2.10. The number of primary amides is 1. The average molecular weight is 326 g/mol. The van der Waals surface area contributed by atoms with Crippen molar-refractivity contribution in [3.05, 3.63) is 34.9 Å². The van der Waals surface area contributed by atoms with Crippen molar-refractivity contribution in [2.45, 2.75) is 24.9 Å². The molecule has 0 bridgehead atoms. The molecule has 1 aliphatic rings. The van der Waals surface area contributed by atoms with E-state index in [-0.39, 0.29) is 18.4 Å². The summed E-state index contributed by atoms with van der Waals surface area (Å²) in [6, 6.07) is 6.66. The van der Waals surface area contributed by atoms with Gasteiger partial charge in [-0.2, -0.15) is 0 Å². The van der Waals surface area contributed by atoms with Gasteiger partial charge in [0.05, 0.1) is 13.2 Å². The minimum Gasteiger partial charge on any atom is -0.378 e. The van der Waals surface area contributed by atoms with Crippen molar-refractivity contribution in [2.24, 2.45) is 5.73 Å². The fourth-order valence-corrected chi connectivity index (χ4v) is 2.57. The number of amides is 2. The van der Waals surface area contributed by atoms with E-state index in [0.717, 1.165) is 0 Å². The Labute approximate surface area is 134 Å². The smallest absolute Gasteiger partial charge is 0.247 e. The first-order valence-corrected chi connectivity index (χ1v) is 7.47. The first-order chi connectivity index (χ1) is 10.4. The van der Waals surface area contributed by atoms with Crippen molar-refractivity contribution in [3.8, 4) is 0 Å². The number of nitrogens with two attached hydrogens (primary N) is 1. The van der Waals surface area contributed by atoms with Crippen LogP contribution in [0.1, 0.15) is 18.9 Å². The Morgan fingerprint density at radius 1 is 1.55 bits per heavy atom. The largest absolute Gasteiger partial charge is 0.378 e. The molecule has 1 aromatic carbocycles. The van der Waals surface area contributed by atoms with Gasteiger partial charge in [-0.3, -0.25) is 9.59 Å². The topological polar surface area (TPSA) is 93.4 Å². The van der Waals surface area contributed by atoms with Crippen LogP contribution < -0.4 is 16.4 Å². The zero-order valence-electron chi connectivity index (χ0n) is 12.4. The molecule has 0 radical (unpaired) electrons. The summed E-state index contributed by atoms with van der Waals surface area (Å²) in [4.78, 5) is 24.1. The first kappa shape index (κ1) is 16.7. The highest BCUT2D eigenvalue weighted by Crippen LogP contribution is 2.23. The highest BCUT2D eigenvalue weighted by Gasteiger charge is 2.35. The van der Waals surface area contributed by atoms with Gasteiger partial charge in [-0.05, 0) is 24.6 Å². The van der Waals surface area contributed by atoms with E-state index in [9.17, 15) is 9.59 Å². The molecule has 6 nitrogen and oxygen atoms in total. The molecule has 0 saturated carbocycles. The Hall–Kier alpha value is -1.63. The van der Waals surface area contributed by atoms with Gasteiger partial charge in [0.2, 0.25) is 11.8 Å². The minimum absolute atomic E-state index is 0.0646. The monoisotopic (exact) mass is 325 g/mol. The second kappa shape index (κ2) is 7.09. The molecular formula is C15H20ClN3O3. The van der Waals surface area contributed by atoms with Crippen molar-refractivity contribution in [2.75, 3.05) is 19.8 Å². The lowest BCUT2D eigenvalue weighted by Crippen LogP contribution is -2.54. The quantitative estimate of drug-likeness (QED) is 0.736. The maximum Gasteiger partial charge on any atom is 0.247 e. The Morgan fingerprint density at radius 3 is 2.91 bits per heavy atom. The third kappa shape index (κ3) is 3.97. The van der Waals surface area contributed by atoms with Gasteiger partial charge < -0.3 is 21.1 Å². The molecule has 1 fully saturated rings. The van der Waals surface area contributed by atoms with Crippen molar-refractivity contribution in [3.63, 3.8) is 0 Å².